The molecule has 2 N–H and O–H groups in total. The van der Waals surface area contributed by atoms with Gasteiger partial charge in [-0.15, -0.1) is 11.3 Å². The SMILES string of the molecule is CS(=O)(=O)CC(N)c1csc(Br)n1. The second-order valence-corrected chi connectivity index (χ2v) is 7.04. The molecular weight excluding hydrogens is 276 g/mol. The van der Waals surface area contributed by atoms with Crippen LogP contribution in [0.4, 0.5) is 0 Å². The van der Waals surface area contributed by atoms with Crippen LogP contribution in [0.3, 0.4) is 0 Å². The molecule has 0 saturated heterocycles. The van der Waals surface area contributed by atoms with Gasteiger partial charge in [0.1, 0.15) is 9.84 Å². The van der Waals surface area contributed by atoms with Crippen LogP contribution in [0.25, 0.3) is 0 Å². The maximum absolute atomic E-state index is 10.9. The molecule has 1 aromatic heterocycles. The Kier molecular flexibility index (Phi) is 3.44. The number of hydrogen-bond donors (Lipinski definition) is 1. The zero-order valence-corrected chi connectivity index (χ0v) is 10.1. The topological polar surface area (TPSA) is 73.0 Å². The van der Waals surface area contributed by atoms with E-state index in [1.165, 1.54) is 11.3 Å². The molecule has 0 aliphatic carbocycles. The monoisotopic (exact) mass is 284 g/mol. The Bertz CT molecular complexity index is 387. The summed E-state index contributed by atoms with van der Waals surface area (Å²) in [6.07, 6.45) is 1.16. The summed E-state index contributed by atoms with van der Waals surface area (Å²) in [4.78, 5) is 4.04. The van der Waals surface area contributed by atoms with Gasteiger partial charge in [0.2, 0.25) is 0 Å². The van der Waals surface area contributed by atoms with Gasteiger partial charge in [-0.2, -0.15) is 0 Å². The third-order valence-corrected chi connectivity index (χ3v) is 3.70. The smallest absolute Gasteiger partial charge is 0.159 e. The second-order valence-electron chi connectivity index (χ2n) is 2.72. The number of nitrogens with two attached hydrogens (primary N) is 1. The summed E-state index contributed by atoms with van der Waals surface area (Å²) < 4.78 is 22.5. The van der Waals surface area contributed by atoms with Crippen molar-refractivity contribution in [3.8, 4) is 0 Å². The van der Waals surface area contributed by atoms with Crippen molar-refractivity contribution in [1.82, 2.24) is 4.98 Å². The first-order chi connectivity index (χ1) is 5.88. The highest BCUT2D eigenvalue weighted by Crippen LogP contribution is 2.20. The molecule has 0 amide bonds. The summed E-state index contributed by atoms with van der Waals surface area (Å²) in [5, 5.41) is 1.75. The van der Waals surface area contributed by atoms with Crippen LogP contribution in [-0.2, 0) is 9.84 Å². The number of hydrogen-bond acceptors (Lipinski definition) is 5. The van der Waals surface area contributed by atoms with Crippen molar-refractivity contribution in [2.24, 2.45) is 5.73 Å². The lowest BCUT2D eigenvalue weighted by atomic mass is 10.3. The fraction of sp³-hybridized carbons (Fsp3) is 0.500. The van der Waals surface area contributed by atoms with E-state index >= 15 is 0 Å². The number of sulfone groups is 1. The van der Waals surface area contributed by atoms with Gasteiger partial charge in [0.05, 0.1) is 17.5 Å². The minimum atomic E-state index is -3.04. The molecule has 0 aliphatic rings. The van der Waals surface area contributed by atoms with Gasteiger partial charge in [0.25, 0.3) is 0 Å². The van der Waals surface area contributed by atoms with Gasteiger partial charge in [-0.1, -0.05) is 0 Å². The third kappa shape index (κ3) is 3.72. The molecule has 1 unspecified atom stereocenters. The van der Waals surface area contributed by atoms with Crippen molar-refractivity contribution >= 4 is 37.1 Å². The molecule has 13 heavy (non-hydrogen) atoms. The van der Waals surface area contributed by atoms with E-state index in [0.717, 1.165) is 6.26 Å². The summed E-state index contributed by atoms with van der Waals surface area (Å²) in [6, 6.07) is -0.530. The molecule has 0 spiro atoms. The molecule has 0 fully saturated rings. The zero-order valence-electron chi connectivity index (χ0n) is 6.90. The van der Waals surface area contributed by atoms with Crippen LogP contribution in [0.5, 0.6) is 0 Å². The van der Waals surface area contributed by atoms with Crippen LogP contribution in [-0.4, -0.2) is 25.4 Å². The maximum atomic E-state index is 10.9. The average molecular weight is 285 g/mol. The predicted molar refractivity (Wildman–Crippen MR) is 56.5 cm³/mol. The minimum Gasteiger partial charge on any atom is -0.322 e. The number of halogens is 1. The second kappa shape index (κ2) is 4.04. The van der Waals surface area contributed by atoms with Crippen molar-refractivity contribution < 1.29 is 8.42 Å². The Labute approximate surface area is 89.2 Å². The lowest BCUT2D eigenvalue weighted by Crippen LogP contribution is -2.21. The molecule has 4 nitrogen and oxygen atoms in total. The summed E-state index contributed by atoms with van der Waals surface area (Å²) >= 11 is 4.57. The summed E-state index contributed by atoms with van der Waals surface area (Å²) in [5.74, 6) is -0.0663. The molecular formula is C6H9BrN2O2S2. The molecule has 1 rings (SSSR count). The largest absolute Gasteiger partial charge is 0.322 e. The summed E-state index contributed by atoms with van der Waals surface area (Å²) in [7, 11) is -3.04. The highest BCUT2D eigenvalue weighted by atomic mass is 79.9. The first-order valence-electron chi connectivity index (χ1n) is 3.43. The quantitative estimate of drug-likeness (QED) is 0.897. The van der Waals surface area contributed by atoms with E-state index in [1.54, 1.807) is 5.38 Å². The molecule has 1 heterocycles. The van der Waals surface area contributed by atoms with Gasteiger partial charge in [-0.05, 0) is 15.9 Å². The lowest BCUT2D eigenvalue weighted by Gasteiger charge is -2.05. The van der Waals surface area contributed by atoms with Gasteiger partial charge < -0.3 is 5.73 Å². The van der Waals surface area contributed by atoms with Crippen LogP contribution in [0.2, 0.25) is 0 Å². The Morgan fingerprint density at radius 2 is 2.38 bits per heavy atom. The number of thiazole rings is 1. The summed E-state index contributed by atoms with van der Waals surface area (Å²) in [5.41, 5.74) is 6.25. The van der Waals surface area contributed by atoms with Gasteiger partial charge in [0.15, 0.2) is 3.92 Å². The van der Waals surface area contributed by atoms with Gasteiger partial charge >= 0.3 is 0 Å². The lowest BCUT2D eigenvalue weighted by molar-refractivity contribution is 0.593. The van der Waals surface area contributed by atoms with Crippen LogP contribution >= 0.6 is 27.3 Å². The zero-order chi connectivity index (χ0) is 10.1. The first-order valence-corrected chi connectivity index (χ1v) is 7.16. The molecule has 7 heteroatoms. The van der Waals surface area contributed by atoms with E-state index in [1.807, 2.05) is 0 Å². The van der Waals surface area contributed by atoms with E-state index in [9.17, 15) is 8.42 Å². The highest BCUT2D eigenvalue weighted by molar-refractivity contribution is 9.11. The van der Waals surface area contributed by atoms with Gasteiger partial charge in [0, 0.05) is 11.6 Å². The molecule has 74 valence electrons. The molecule has 1 atom stereocenters. The number of rotatable bonds is 3. The van der Waals surface area contributed by atoms with Crippen molar-refractivity contribution in [3.05, 3.63) is 15.0 Å². The molecule has 0 saturated carbocycles. The minimum absolute atomic E-state index is 0.0663. The average Bonchev–Trinajstić information content (AvgIpc) is 2.31. The van der Waals surface area contributed by atoms with Crippen molar-refractivity contribution in [2.75, 3.05) is 12.0 Å². The Morgan fingerprint density at radius 1 is 1.77 bits per heavy atom. The van der Waals surface area contributed by atoms with Crippen LogP contribution in [0, 0.1) is 0 Å². The fourth-order valence-corrected chi connectivity index (χ4v) is 2.76. The van der Waals surface area contributed by atoms with Crippen LogP contribution < -0.4 is 5.73 Å². The third-order valence-electron chi connectivity index (χ3n) is 1.36. The van der Waals surface area contributed by atoms with Crippen LogP contribution in [0.15, 0.2) is 9.30 Å². The molecule has 0 aromatic carbocycles. The van der Waals surface area contributed by atoms with Crippen molar-refractivity contribution in [3.63, 3.8) is 0 Å². The predicted octanol–water partition coefficient (Wildman–Crippen LogP) is 0.950. The Balaban J connectivity index is 2.75. The summed E-state index contributed by atoms with van der Waals surface area (Å²) in [6.45, 7) is 0. The fourth-order valence-electron chi connectivity index (χ4n) is 0.845. The van der Waals surface area contributed by atoms with E-state index in [2.05, 4.69) is 20.9 Å². The standard InChI is InChI=1S/C6H9BrN2O2S2/c1-13(10,11)3-4(8)5-2-12-6(7)9-5/h2,4H,3,8H2,1H3. The molecule has 0 aliphatic heterocycles. The molecule has 0 radical (unpaired) electrons. The Hall–Kier alpha value is 0.0200. The van der Waals surface area contributed by atoms with Gasteiger partial charge in [-0.3, -0.25) is 0 Å². The van der Waals surface area contributed by atoms with Crippen LogP contribution in [0.1, 0.15) is 11.7 Å². The van der Waals surface area contributed by atoms with E-state index in [4.69, 9.17) is 5.73 Å². The molecule has 1 aromatic rings. The highest BCUT2D eigenvalue weighted by Gasteiger charge is 2.15. The van der Waals surface area contributed by atoms with E-state index in [-0.39, 0.29) is 5.75 Å². The van der Waals surface area contributed by atoms with Gasteiger partial charge in [-0.25, -0.2) is 13.4 Å². The molecule has 0 bridgehead atoms. The number of aromatic nitrogens is 1. The van der Waals surface area contributed by atoms with Crippen molar-refractivity contribution in [1.29, 1.82) is 0 Å². The maximum Gasteiger partial charge on any atom is 0.159 e. The Morgan fingerprint density at radius 3 is 2.77 bits per heavy atom. The van der Waals surface area contributed by atoms with Crippen molar-refractivity contribution in [2.45, 2.75) is 6.04 Å². The van der Waals surface area contributed by atoms with E-state index in [0.29, 0.717) is 9.61 Å². The van der Waals surface area contributed by atoms with E-state index < -0.39 is 15.9 Å². The normalized spacial score (nSPS) is 14.4. The first kappa shape index (κ1) is 11.1. The number of nitrogens with zero attached hydrogens (tertiary/aromatic N) is 1.